The predicted molar refractivity (Wildman–Crippen MR) is 124 cm³/mol. The first-order valence-corrected chi connectivity index (χ1v) is 11.0. The first-order valence-electron chi connectivity index (χ1n) is 10.0. The van der Waals surface area contributed by atoms with Gasteiger partial charge >= 0.3 is 0 Å². The van der Waals surface area contributed by atoms with E-state index in [1.807, 2.05) is 12.1 Å². The van der Waals surface area contributed by atoms with E-state index in [0.29, 0.717) is 0 Å². The molecule has 0 aliphatic heterocycles. The molecule has 0 unspecified atom stereocenters. The summed E-state index contributed by atoms with van der Waals surface area (Å²) < 4.78 is 2.18. The van der Waals surface area contributed by atoms with Crippen molar-refractivity contribution in [3.05, 3.63) is 120 Å². The molecule has 1 aromatic heterocycles. The van der Waals surface area contributed by atoms with Crippen molar-refractivity contribution in [2.24, 2.45) is 0 Å². The van der Waals surface area contributed by atoms with Gasteiger partial charge in [0.1, 0.15) is 5.82 Å². The summed E-state index contributed by atoms with van der Waals surface area (Å²) >= 11 is 1.72. The molecule has 3 nitrogen and oxygen atoms in total. The Balaban J connectivity index is 1.45. The van der Waals surface area contributed by atoms with Gasteiger partial charge in [-0.1, -0.05) is 103 Å². The van der Waals surface area contributed by atoms with Crippen molar-refractivity contribution in [1.82, 2.24) is 14.8 Å². The van der Waals surface area contributed by atoms with Crippen molar-refractivity contribution in [2.45, 2.75) is 17.3 Å². The van der Waals surface area contributed by atoms with E-state index in [-0.39, 0.29) is 0 Å². The van der Waals surface area contributed by atoms with E-state index in [0.717, 1.165) is 28.8 Å². The van der Waals surface area contributed by atoms with Crippen LogP contribution >= 0.6 is 11.8 Å². The quantitative estimate of drug-likeness (QED) is 0.309. The van der Waals surface area contributed by atoms with E-state index in [9.17, 15) is 0 Å². The molecule has 5 rings (SSSR count). The molecule has 0 fully saturated rings. The SMILES string of the molecule is c1ccc(Cc2nnc(SCc3ccc4ccccc4c3)n2-c2ccccc2)cc1. The van der Waals surface area contributed by atoms with E-state index in [2.05, 4.69) is 106 Å². The second kappa shape index (κ2) is 8.56. The number of thioether (sulfide) groups is 1. The lowest BCUT2D eigenvalue weighted by Gasteiger charge is -2.10. The lowest BCUT2D eigenvalue weighted by molar-refractivity contribution is 0.848. The van der Waals surface area contributed by atoms with Crippen LogP contribution in [0.2, 0.25) is 0 Å². The average molecular weight is 408 g/mol. The van der Waals surface area contributed by atoms with Crippen LogP contribution in [-0.2, 0) is 12.2 Å². The summed E-state index contributed by atoms with van der Waals surface area (Å²) in [7, 11) is 0. The maximum Gasteiger partial charge on any atom is 0.196 e. The average Bonchev–Trinajstić information content (AvgIpc) is 3.21. The first kappa shape index (κ1) is 18.6. The highest BCUT2D eigenvalue weighted by atomic mass is 32.2. The third kappa shape index (κ3) is 4.00. The summed E-state index contributed by atoms with van der Waals surface area (Å²) in [5.41, 5.74) is 3.61. The molecule has 0 radical (unpaired) electrons. The van der Waals surface area contributed by atoms with Gasteiger partial charge in [0.15, 0.2) is 5.16 Å². The van der Waals surface area contributed by atoms with Crippen molar-refractivity contribution in [3.8, 4) is 5.69 Å². The smallest absolute Gasteiger partial charge is 0.196 e. The summed E-state index contributed by atoms with van der Waals surface area (Å²) in [6, 6.07) is 35.9. The molecule has 0 amide bonds. The maximum absolute atomic E-state index is 4.54. The van der Waals surface area contributed by atoms with Crippen LogP contribution in [0.25, 0.3) is 16.5 Å². The lowest BCUT2D eigenvalue weighted by atomic mass is 10.1. The fourth-order valence-electron chi connectivity index (χ4n) is 3.60. The Morgan fingerprint density at radius 1 is 0.633 bits per heavy atom. The van der Waals surface area contributed by atoms with Gasteiger partial charge in [0.05, 0.1) is 0 Å². The number of para-hydroxylation sites is 1. The van der Waals surface area contributed by atoms with Crippen LogP contribution in [0.3, 0.4) is 0 Å². The summed E-state index contributed by atoms with van der Waals surface area (Å²) in [4.78, 5) is 0. The van der Waals surface area contributed by atoms with Crippen LogP contribution in [0.4, 0.5) is 0 Å². The zero-order valence-corrected chi connectivity index (χ0v) is 17.3. The molecular formula is C26H21N3S. The van der Waals surface area contributed by atoms with Crippen LogP contribution in [0.15, 0.2) is 108 Å². The van der Waals surface area contributed by atoms with Gasteiger partial charge in [0.2, 0.25) is 0 Å². The Kier molecular flexibility index (Phi) is 5.32. The van der Waals surface area contributed by atoms with Crippen molar-refractivity contribution >= 4 is 22.5 Å². The molecule has 4 aromatic carbocycles. The van der Waals surface area contributed by atoms with Crippen LogP contribution in [0.1, 0.15) is 17.0 Å². The Morgan fingerprint density at radius 2 is 1.33 bits per heavy atom. The molecule has 0 N–H and O–H groups in total. The van der Waals surface area contributed by atoms with Crippen molar-refractivity contribution in [2.75, 3.05) is 0 Å². The van der Waals surface area contributed by atoms with Gasteiger partial charge in [-0.2, -0.15) is 0 Å². The normalized spacial score (nSPS) is 11.1. The van der Waals surface area contributed by atoms with Gasteiger partial charge in [0.25, 0.3) is 0 Å². The molecule has 0 aliphatic rings. The molecule has 0 saturated heterocycles. The minimum absolute atomic E-state index is 0.749. The Morgan fingerprint density at radius 3 is 2.13 bits per heavy atom. The standard InChI is InChI=1S/C26H21N3S/c1-3-9-20(10-4-1)18-25-27-28-26(29(25)24-13-5-2-6-14-24)30-19-21-15-16-22-11-7-8-12-23(22)17-21/h1-17H,18-19H2. The van der Waals surface area contributed by atoms with Crippen LogP contribution in [-0.4, -0.2) is 14.8 Å². The van der Waals surface area contributed by atoms with E-state index in [1.165, 1.54) is 21.9 Å². The first-order chi connectivity index (χ1) is 14.9. The zero-order valence-electron chi connectivity index (χ0n) is 16.5. The summed E-state index contributed by atoms with van der Waals surface area (Å²) in [6.45, 7) is 0. The minimum atomic E-state index is 0.749. The number of hydrogen-bond acceptors (Lipinski definition) is 3. The molecule has 30 heavy (non-hydrogen) atoms. The predicted octanol–water partition coefficient (Wildman–Crippen LogP) is 6.30. The number of rotatable bonds is 6. The molecule has 4 heteroatoms. The van der Waals surface area contributed by atoms with Gasteiger partial charge in [-0.25, -0.2) is 0 Å². The molecule has 0 spiro atoms. The highest BCUT2D eigenvalue weighted by molar-refractivity contribution is 7.98. The minimum Gasteiger partial charge on any atom is -0.274 e. The Labute approximate surface area is 180 Å². The van der Waals surface area contributed by atoms with Gasteiger partial charge < -0.3 is 0 Å². The molecule has 5 aromatic rings. The molecule has 146 valence electrons. The van der Waals surface area contributed by atoms with Crippen molar-refractivity contribution < 1.29 is 0 Å². The zero-order chi connectivity index (χ0) is 20.2. The number of nitrogens with zero attached hydrogens (tertiary/aromatic N) is 3. The number of hydrogen-bond donors (Lipinski definition) is 0. The Bertz CT molecular complexity index is 1260. The summed E-state index contributed by atoms with van der Waals surface area (Å²) in [5, 5.41) is 12.5. The van der Waals surface area contributed by atoms with Gasteiger partial charge in [-0.05, 0) is 34.0 Å². The topological polar surface area (TPSA) is 30.7 Å². The molecule has 0 atom stereocenters. The highest BCUT2D eigenvalue weighted by Gasteiger charge is 2.15. The fraction of sp³-hybridized carbons (Fsp3) is 0.0769. The second-order valence-electron chi connectivity index (χ2n) is 7.20. The monoisotopic (exact) mass is 407 g/mol. The second-order valence-corrected chi connectivity index (χ2v) is 8.14. The van der Waals surface area contributed by atoms with Gasteiger partial charge in [-0.15, -0.1) is 10.2 Å². The number of benzene rings is 4. The van der Waals surface area contributed by atoms with Gasteiger partial charge in [0, 0.05) is 17.9 Å². The molecule has 0 aliphatic carbocycles. The van der Waals surface area contributed by atoms with Crippen molar-refractivity contribution in [1.29, 1.82) is 0 Å². The van der Waals surface area contributed by atoms with Crippen molar-refractivity contribution in [3.63, 3.8) is 0 Å². The van der Waals surface area contributed by atoms with E-state index in [4.69, 9.17) is 0 Å². The summed E-state index contributed by atoms with van der Waals surface area (Å²) in [6.07, 6.45) is 0.749. The van der Waals surface area contributed by atoms with E-state index < -0.39 is 0 Å². The molecule has 0 saturated carbocycles. The number of aromatic nitrogens is 3. The fourth-order valence-corrected chi connectivity index (χ4v) is 4.51. The van der Waals surface area contributed by atoms with Gasteiger partial charge in [-0.3, -0.25) is 4.57 Å². The van der Waals surface area contributed by atoms with Crippen LogP contribution < -0.4 is 0 Å². The highest BCUT2D eigenvalue weighted by Crippen LogP contribution is 2.27. The number of fused-ring (bicyclic) bond motifs is 1. The summed E-state index contributed by atoms with van der Waals surface area (Å²) in [5.74, 6) is 1.80. The molecular weight excluding hydrogens is 386 g/mol. The van der Waals surface area contributed by atoms with Crippen LogP contribution in [0.5, 0.6) is 0 Å². The van der Waals surface area contributed by atoms with E-state index >= 15 is 0 Å². The third-order valence-electron chi connectivity index (χ3n) is 5.10. The largest absolute Gasteiger partial charge is 0.274 e. The molecule has 0 bridgehead atoms. The van der Waals surface area contributed by atoms with E-state index in [1.54, 1.807) is 11.8 Å². The third-order valence-corrected chi connectivity index (χ3v) is 6.10. The maximum atomic E-state index is 4.54. The van der Waals surface area contributed by atoms with Crippen LogP contribution in [0, 0.1) is 0 Å². The Hall–Kier alpha value is -3.37. The molecule has 1 heterocycles. The lowest BCUT2D eigenvalue weighted by Crippen LogP contribution is -2.03.